The Morgan fingerprint density at radius 1 is 1.19 bits per heavy atom. The summed E-state index contributed by atoms with van der Waals surface area (Å²) < 4.78 is 11.3. The Morgan fingerprint density at radius 2 is 1.92 bits per heavy atom. The summed E-state index contributed by atoms with van der Waals surface area (Å²) in [5.41, 5.74) is 1.48. The number of hydrogen-bond acceptors (Lipinski definition) is 4. The van der Waals surface area contributed by atoms with Gasteiger partial charge < -0.3 is 14.5 Å². The van der Waals surface area contributed by atoms with Crippen molar-refractivity contribution in [2.24, 2.45) is 5.92 Å². The standard InChI is InChI=1S/C20H21ClN2O3/c1-13(2)11-16(20-23-15-8-4-6-10-18(15)26-20)22-19(24)12-25-17-9-5-3-7-14(17)21/h3-10,13,16H,11-12H2,1-2H3,(H,22,24)/t16-/m0/s1. The van der Waals surface area contributed by atoms with Gasteiger partial charge >= 0.3 is 0 Å². The van der Waals surface area contributed by atoms with Gasteiger partial charge in [0, 0.05) is 0 Å². The first kappa shape index (κ1) is 18.3. The molecule has 1 heterocycles. The van der Waals surface area contributed by atoms with Crippen LogP contribution in [0.25, 0.3) is 11.1 Å². The number of benzene rings is 2. The Balaban J connectivity index is 1.69. The molecule has 0 saturated heterocycles. The first-order chi connectivity index (χ1) is 12.5. The predicted molar refractivity (Wildman–Crippen MR) is 101 cm³/mol. The highest BCUT2D eigenvalue weighted by Crippen LogP contribution is 2.25. The molecule has 136 valence electrons. The third-order valence-corrected chi connectivity index (χ3v) is 4.16. The quantitative estimate of drug-likeness (QED) is 0.649. The summed E-state index contributed by atoms with van der Waals surface area (Å²) in [4.78, 5) is 16.9. The average Bonchev–Trinajstić information content (AvgIpc) is 3.04. The summed E-state index contributed by atoms with van der Waals surface area (Å²) in [6.07, 6.45) is 0.713. The van der Waals surface area contributed by atoms with Crippen molar-refractivity contribution in [3.05, 3.63) is 59.4 Å². The van der Waals surface area contributed by atoms with E-state index in [1.54, 1.807) is 24.3 Å². The van der Waals surface area contributed by atoms with Crippen LogP contribution in [0.3, 0.4) is 0 Å². The van der Waals surface area contributed by atoms with Crippen molar-refractivity contribution in [1.29, 1.82) is 0 Å². The first-order valence-electron chi connectivity index (χ1n) is 8.55. The predicted octanol–water partition coefficient (Wildman–Crippen LogP) is 4.76. The number of oxazole rings is 1. The summed E-state index contributed by atoms with van der Waals surface area (Å²) in [7, 11) is 0. The van der Waals surface area contributed by atoms with Crippen LogP contribution in [0, 0.1) is 5.92 Å². The molecule has 0 aliphatic heterocycles. The highest BCUT2D eigenvalue weighted by Gasteiger charge is 2.22. The van der Waals surface area contributed by atoms with Crippen LogP contribution in [-0.2, 0) is 4.79 Å². The first-order valence-corrected chi connectivity index (χ1v) is 8.93. The van der Waals surface area contributed by atoms with E-state index in [9.17, 15) is 4.79 Å². The molecule has 1 N–H and O–H groups in total. The highest BCUT2D eigenvalue weighted by atomic mass is 35.5. The Morgan fingerprint density at radius 3 is 2.65 bits per heavy atom. The van der Waals surface area contributed by atoms with E-state index in [4.69, 9.17) is 20.8 Å². The fraction of sp³-hybridized carbons (Fsp3) is 0.300. The molecular formula is C20H21ClN2O3. The zero-order valence-corrected chi connectivity index (χ0v) is 15.5. The summed E-state index contributed by atoms with van der Waals surface area (Å²) in [5, 5.41) is 3.42. The number of hydrogen-bond donors (Lipinski definition) is 1. The van der Waals surface area contributed by atoms with E-state index in [2.05, 4.69) is 24.1 Å². The maximum atomic E-state index is 12.4. The van der Waals surface area contributed by atoms with Gasteiger partial charge in [0.15, 0.2) is 12.2 Å². The number of ether oxygens (including phenoxy) is 1. The van der Waals surface area contributed by atoms with Crippen molar-refractivity contribution >= 4 is 28.6 Å². The molecule has 0 saturated carbocycles. The molecule has 2 aromatic carbocycles. The molecule has 26 heavy (non-hydrogen) atoms. The second-order valence-corrected chi connectivity index (χ2v) is 6.90. The number of aromatic nitrogens is 1. The van der Waals surface area contributed by atoms with Crippen LogP contribution in [0.15, 0.2) is 52.9 Å². The summed E-state index contributed by atoms with van der Waals surface area (Å²) in [6, 6.07) is 14.3. The van der Waals surface area contributed by atoms with E-state index in [1.807, 2.05) is 24.3 Å². The van der Waals surface area contributed by atoms with Gasteiger partial charge in [0.25, 0.3) is 5.91 Å². The van der Waals surface area contributed by atoms with Gasteiger partial charge in [0.05, 0.1) is 5.02 Å². The van der Waals surface area contributed by atoms with Crippen LogP contribution in [0.1, 0.15) is 32.2 Å². The van der Waals surface area contributed by atoms with Crippen LogP contribution in [0.5, 0.6) is 5.75 Å². The molecule has 3 rings (SSSR count). The molecule has 0 fully saturated rings. The lowest BCUT2D eigenvalue weighted by Gasteiger charge is -2.18. The number of nitrogens with one attached hydrogen (secondary N) is 1. The van der Waals surface area contributed by atoms with E-state index in [1.165, 1.54) is 0 Å². The molecule has 0 unspecified atom stereocenters. The van der Waals surface area contributed by atoms with Gasteiger partial charge in [-0.15, -0.1) is 0 Å². The van der Waals surface area contributed by atoms with Gasteiger partial charge in [-0.05, 0) is 36.6 Å². The number of para-hydroxylation sites is 3. The van der Waals surface area contributed by atoms with Crippen molar-refractivity contribution in [1.82, 2.24) is 10.3 Å². The molecular weight excluding hydrogens is 352 g/mol. The Kier molecular flexibility index (Phi) is 5.78. The normalized spacial score (nSPS) is 12.3. The second kappa shape index (κ2) is 8.23. The summed E-state index contributed by atoms with van der Waals surface area (Å²) >= 11 is 6.04. The number of fused-ring (bicyclic) bond motifs is 1. The average molecular weight is 373 g/mol. The van der Waals surface area contributed by atoms with Gasteiger partial charge in [-0.1, -0.05) is 49.7 Å². The summed E-state index contributed by atoms with van der Waals surface area (Å²) in [6.45, 7) is 4.04. The number of nitrogens with zero attached hydrogens (tertiary/aromatic N) is 1. The maximum absolute atomic E-state index is 12.4. The van der Waals surface area contributed by atoms with Crippen LogP contribution in [-0.4, -0.2) is 17.5 Å². The molecule has 0 bridgehead atoms. The lowest BCUT2D eigenvalue weighted by Crippen LogP contribution is -2.33. The number of carbonyl (C=O) groups excluding carboxylic acids is 1. The van der Waals surface area contributed by atoms with Gasteiger partial charge in [0.2, 0.25) is 5.89 Å². The number of amides is 1. The topological polar surface area (TPSA) is 64.4 Å². The second-order valence-electron chi connectivity index (χ2n) is 6.49. The largest absolute Gasteiger partial charge is 0.482 e. The Labute approximate surface area is 157 Å². The fourth-order valence-corrected chi connectivity index (χ4v) is 2.86. The molecule has 0 spiro atoms. The minimum Gasteiger partial charge on any atom is -0.482 e. The zero-order valence-electron chi connectivity index (χ0n) is 14.7. The lowest BCUT2D eigenvalue weighted by atomic mass is 10.0. The lowest BCUT2D eigenvalue weighted by molar-refractivity contribution is -0.124. The van der Waals surface area contributed by atoms with Crippen molar-refractivity contribution in [2.45, 2.75) is 26.3 Å². The summed E-state index contributed by atoms with van der Waals surface area (Å²) in [5.74, 6) is 1.09. The smallest absolute Gasteiger partial charge is 0.258 e. The van der Waals surface area contributed by atoms with Crippen molar-refractivity contribution in [2.75, 3.05) is 6.61 Å². The minimum absolute atomic E-state index is 0.126. The molecule has 3 aromatic rings. The van der Waals surface area contributed by atoms with E-state index in [0.717, 1.165) is 5.52 Å². The van der Waals surface area contributed by atoms with E-state index in [-0.39, 0.29) is 18.6 Å². The van der Waals surface area contributed by atoms with Crippen molar-refractivity contribution in [3.8, 4) is 5.75 Å². The molecule has 0 aliphatic carbocycles. The molecule has 5 nitrogen and oxygen atoms in total. The molecule has 0 radical (unpaired) electrons. The van der Waals surface area contributed by atoms with Crippen molar-refractivity contribution in [3.63, 3.8) is 0 Å². The fourth-order valence-electron chi connectivity index (χ4n) is 2.67. The van der Waals surface area contributed by atoms with E-state index in [0.29, 0.717) is 34.6 Å². The Hall–Kier alpha value is -2.53. The molecule has 0 aliphatic rings. The van der Waals surface area contributed by atoms with Gasteiger partial charge in [-0.3, -0.25) is 4.79 Å². The molecule has 6 heteroatoms. The van der Waals surface area contributed by atoms with Crippen LogP contribution >= 0.6 is 11.6 Å². The van der Waals surface area contributed by atoms with Gasteiger partial charge in [-0.2, -0.15) is 0 Å². The van der Waals surface area contributed by atoms with Crippen LogP contribution < -0.4 is 10.1 Å². The number of halogens is 1. The number of rotatable bonds is 7. The highest BCUT2D eigenvalue weighted by molar-refractivity contribution is 6.32. The van der Waals surface area contributed by atoms with Gasteiger partial charge in [-0.25, -0.2) is 4.98 Å². The third kappa shape index (κ3) is 4.55. The molecule has 1 amide bonds. The van der Waals surface area contributed by atoms with Crippen LogP contribution in [0.2, 0.25) is 5.02 Å². The monoisotopic (exact) mass is 372 g/mol. The molecule has 1 atom stereocenters. The Bertz CT molecular complexity index is 858. The molecule has 1 aromatic heterocycles. The van der Waals surface area contributed by atoms with E-state index >= 15 is 0 Å². The minimum atomic E-state index is -0.315. The maximum Gasteiger partial charge on any atom is 0.258 e. The number of carbonyl (C=O) groups is 1. The van der Waals surface area contributed by atoms with Crippen molar-refractivity contribution < 1.29 is 13.9 Å². The third-order valence-electron chi connectivity index (χ3n) is 3.85. The van der Waals surface area contributed by atoms with Gasteiger partial charge in [0.1, 0.15) is 17.3 Å². The SMILES string of the molecule is CC(C)C[C@H](NC(=O)COc1ccccc1Cl)c1nc2ccccc2o1. The van der Waals surface area contributed by atoms with E-state index < -0.39 is 0 Å². The van der Waals surface area contributed by atoms with Crippen LogP contribution in [0.4, 0.5) is 0 Å². The zero-order chi connectivity index (χ0) is 18.5.